The van der Waals surface area contributed by atoms with Gasteiger partial charge in [-0.05, 0) is 12.1 Å². The van der Waals surface area contributed by atoms with Crippen LogP contribution in [0.5, 0.6) is 0 Å². The molecule has 22 heavy (non-hydrogen) atoms. The predicted octanol–water partition coefficient (Wildman–Crippen LogP) is 1.35. The Morgan fingerprint density at radius 1 is 1.27 bits per heavy atom. The van der Waals surface area contributed by atoms with Crippen molar-refractivity contribution < 1.29 is 9.21 Å². The Balaban J connectivity index is 1.80. The zero-order chi connectivity index (χ0) is 15.4. The van der Waals surface area contributed by atoms with Crippen molar-refractivity contribution in [3.8, 4) is 0 Å². The van der Waals surface area contributed by atoms with Crippen molar-refractivity contribution >= 4 is 23.1 Å². The van der Waals surface area contributed by atoms with E-state index in [-0.39, 0.29) is 16.7 Å². The van der Waals surface area contributed by atoms with Crippen LogP contribution in [0.25, 0.3) is 11.0 Å². The Labute approximate surface area is 124 Å². The first-order valence-corrected chi connectivity index (χ1v) is 6.35. The number of amides is 1. The molecule has 1 aromatic carbocycles. The predicted molar refractivity (Wildman–Crippen MR) is 79.6 cm³/mol. The highest BCUT2D eigenvalue weighted by Gasteiger charge is 2.06. The molecule has 0 aliphatic carbocycles. The maximum atomic E-state index is 12.2. The summed E-state index contributed by atoms with van der Waals surface area (Å²) in [5.74, 6) is -0.519. The van der Waals surface area contributed by atoms with Crippen LogP contribution >= 0.6 is 0 Å². The number of hydrogen-bond acceptors (Lipinski definition) is 6. The Kier molecular flexibility index (Phi) is 3.69. The molecule has 0 saturated heterocycles. The summed E-state index contributed by atoms with van der Waals surface area (Å²) in [4.78, 5) is 31.5. The number of hydrogen-bond donors (Lipinski definition) is 1. The number of fused-ring (bicyclic) bond motifs is 1. The summed E-state index contributed by atoms with van der Waals surface area (Å²) in [5, 5.41) is 4.18. The molecule has 1 N–H and O–H groups in total. The number of carbonyl (C=O) groups excluding carboxylic acids is 1. The summed E-state index contributed by atoms with van der Waals surface area (Å²) in [6.07, 6.45) is 6.70. The number of rotatable bonds is 3. The molecule has 7 heteroatoms. The highest BCUT2D eigenvalue weighted by atomic mass is 16.3. The van der Waals surface area contributed by atoms with Crippen LogP contribution in [0.4, 0.5) is 0 Å². The SMILES string of the molecule is O=C(NN=Cc1coc2ccccc2c1=O)c1cnccn1. The number of hydrazone groups is 1. The number of benzene rings is 1. The summed E-state index contributed by atoms with van der Waals surface area (Å²) in [5.41, 5.74) is 2.91. The minimum absolute atomic E-state index is 0.130. The largest absolute Gasteiger partial charge is 0.463 e. The Morgan fingerprint density at radius 3 is 2.95 bits per heavy atom. The van der Waals surface area contributed by atoms with E-state index in [2.05, 4.69) is 20.5 Å². The molecule has 3 rings (SSSR count). The Bertz CT molecular complexity index is 903. The minimum atomic E-state index is -0.519. The molecule has 0 radical (unpaired) electrons. The summed E-state index contributed by atoms with van der Waals surface area (Å²) in [6.45, 7) is 0. The average molecular weight is 294 g/mol. The van der Waals surface area contributed by atoms with Gasteiger partial charge in [-0.2, -0.15) is 5.10 Å². The fourth-order valence-electron chi connectivity index (χ4n) is 1.82. The Hall–Kier alpha value is -3.35. The lowest BCUT2D eigenvalue weighted by atomic mass is 10.2. The molecule has 0 saturated carbocycles. The van der Waals surface area contributed by atoms with Gasteiger partial charge in [0.05, 0.1) is 23.4 Å². The van der Waals surface area contributed by atoms with Crippen LogP contribution in [0.3, 0.4) is 0 Å². The second-order valence-corrected chi connectivity index (χ2v) is 4.31. The van der Waals surface area contributed by atoms with Gasteiger partial charge in [0, 0.05) is 12.4 Å². The van der Waals surface area contributed by atoms with Crippen LogP contribution in [0.15, 0.2) is 63.4 Å². The van der Waals surface area contributed by atoms with E-state index in [1.807, 2.05) is 0 Å². The fourth-order valence-corrected chi connectivity index (χ4v) is 1.82. The lowest BCUT2D eigenvalue weighted by Gasteiger charge is -1.98. The topological polar surface area (TPSA) is 97.5 Å². The lowest BCUT2D eigenvalue weighted by Crippen LogP contribution is -2.19. The maximum absolute atomic E-state index is 12.2. The van der Waals surface area contributed by atoms with Crippen molar-refractivity contribution in [2.45, 2.75) is 0 Å². The van der Waals surface area contributed by atoms with Crippen LogP contribution in [0, 0.1) is 0 Å². The number of para-hydroxylation sites is 1. The molecule has 0 spiro atoms. The van der Waals surface area contributed by atoms with Crippen molar-refractivity contribution in [1.29, 1.82) is 0 Å². The number of nitrogens with zero attached hydrogens (tertiary/aromatic N) is 3. The van der Waals surface area contributed by atoms with Crippen molar-refractivity contribution in [1.82, 2.24) is 15.4 Å². The summed E-state index contributed by atoms with van der Waals surface area (Å²) >= 11 is 0. The first-order chi connectivity index (χ1) is 10.8. The molecule has 108 valence electrons. The molecule has 2 heterocycles. The molecular weight excluding hydrogens is 284 g/mol. The van der Waals surface area contributed by atoms with Gasteiger partial charge in [0.2, 0.25) is 5.43 Å². The van der Waals surface area contributed by atoms with E-state index in [1.54, 1.807) is 24.3 Å². The van der Waals surface area contributed by atoms with Crippen molar-refractivity contribution in [3.05, 3.63) is 70.6 Å². The van der Waals surface area contributed by atoms with Crippen LogP contribution in [-0.4, -0.2) is 22.1 Å². The zero-order valence-electron chi connectivity index (χ0n) is 11.3. The van der Waals surface area contributed by atoms with Crippen molar-refractivity contribution in [3.63, 3.8) is 0 Å². The van der Waals surface area contributed by atoms with Crippen LogP contribution in [0.2, 0.25) is 0 Å². The number of aromatic nitrogens is 2. The van der Waals surface area contributed by atoms with Crippen LogP contribution in [-0.2, 0) is 0 Å². The molecular formula is C15H10N4O3. The fraction of sp³-hybridized carbons (Fsp3) is 0. The molecule has 2 aromatic heterocycles. The van der Waals surface area contributed by atoms with E-state index in [0.29, 0.717) is 11.0 Å². The highest BCUT2D eigenvalue weighted by Crippen LogP contribution is 2.09. The molecule has 0 aliphatic rings. The first-order valence-electron chi connectivity index (χ1n) is 6.35. The van der Waals surface area contributed by atoms with E-state index in [4.69, 9.17) is 4.42 Å². The van der Waals surface area contributed by atoms with E-state index in [9.17, 15) is 9.59 Å². The maximum Gasteiger partial charge on any atom is 0.291 e. The molecule has 0 aliphatic heterocycles. The third-order valence-electron chi connectivity index (χ3n) is 2.87. The number of nitrogens with one attached hydrogen (secondary N) is 1. The van der Waals surface area contributed by atoms with E-state index in [1.165, 1.54) is 31.1 Å². The molecule has 0 atom stereocenters. The third-order valence-corrected chi connectivity index (χ3v) is 2.87. The lowest BCUT2D eigenvalue weighted by molar-refractivity contribution is 0.0949. The Morgan fingerprint density at radius 2 is 2.14 bits per heavy atom. The molecule has 3 aromatic rings. The van der Waals surface area contributed by atoms with Gasteiger partial charge in [-0.1, -0.05) is 12.1 Å². The van der Waals surface area contributed by atoms with Gasteiger partial charge in [-0.3, -0.25) is 14.6 Å². The van der Waals surface area contributed by atoms with Gasteiger partial charge in [0.15, 0.2) is 0 Å². The summed E-state index contributed by atoms with van der Waals surface area (Å²) < 4.78 is 5.34. The summed E-state index contributed by atoms with van der Waals surface area (Å²) in [7, 11) is 0. The van der Waals surface area contributed by atoms with E-state index < -0.39 is 5.91 Å². The van der Waals surface area contributed by atoms with Crippen LogP contribution < -0.4 is 10.9 Å². The van der Waals surface area contributed by atoms with Crippen molar-refractivity contribution in [2.75, 3.05) is 0 Å². The van der Waals surface area contributed by atoms with Gasteiger partial charge < -0.3 is 4.42 Å². The third kappa shape index (κ3) is 2.73. The normalized spacial score (nSPS) is 10.9. The molecule has 1 amide bonds. The zero-order valence-corrected chi connectivity index (χ0v) is 11.3. The van der Waals surface area contributed by atoms with Gasteiger partial charge >= 0.3 is 0 Å². The first kappa shape index (κ1) is 13.6. The van der Waals surface area contributed by atoms with E-state index >= 15 is 0 Å². The standard InChI is InChI=1S/C15H10N4O3/c20-14-10(9-22-13-4-2-1-3-11(13)14)7-18-19-15(21)12-8-16-5-6-17-12/h1-9H,(H,19,21). The van der Waals surface area contributed by atoms with Gasteiger partial charge in [0.1, 0.15) is 17.5 Å². The quantitative estimate of drug-likeness (QED) is 0.581. The monoisotopic (exact) mass is 294 g/mol. The number of carbonyl (C=O) groups is 1. The van der Waals surface area contributed by atoms with Gasteiger partial charge in [-0.25, -0.2) is 10.4 Å². The highest BCUT2D eigenvalue weighted by molar-refractivity contribution is 5.93. The summed E-state index contributed by atoms with van der Waals surface area (Å²) in [6, 6.07) is 6.89. The molecule has 7 nitrogen and oxygen atoms in total. The van der Waals surface area contributed by atoms with E-state index in [0.717, 1.165) is 0 Å². The van der Waals surface area contributed by atoms with Gasteiger partial charge in [0.25, 0.3) is 5.91 Å². The van der Waals surface area contributed by atoms with Crippen molar-refractivity contribution in [2.24, 2.45) is 5.10 Å². The molecule has 0 fully saturated rings. The van der Waals surface area contributed by atoms with Gasteiger partial charge in [-0.15, -0.1) is 0 Å². The van der Waals surface area contributed by atoms with Crippen LogP contribution in [0.1, 0.15) is 16.1 Å². The second kappa shape index (κ2) is 5.96. The average Bonchev–Trinajstić information content (AvgIpc) is 2.58. The molecule has 0 bridgehead atoms. The molecule has 0 unspecified atom stereocenters. The minimum Gasteiger partial charge on any atom is -0.463 e. The second-order valence-electron chi connectivity index (χ2n) is 4.31. The smallest absolute Gasteiger partial charge is 0.291 e.